The highest BCUT2D eigenvalue weighted by molar-refractivity contribution is 7.41. The van der Waals surface area contributed by atoms with Crippen molar-refractivity contribution in [3.63, 3.8) is 0 Å². The van der Waals surface area contributed by atoms with Gasteiger partial charge in [0.1, 0.15) is 0 Å². The maximum Gasteiger partial charge on any atom is -0.0112 e. The van der Waals surface area contributed by atoms with E-state index in [0.29, 0.717) is 28.1 Å². The van der Waals surface area contributed by atoms with E-state index < -0.39 is 0 Å². The van der Waals surface area contributed by atoms with Crippen LogP contribution in [0.4, 0.5) is 0 Å². The van der Waals surface area contributed by atoms with Crippen LogP contribution in [0.5, 0.6) is 0 Å². The van der Waals surface area contributed by atoms with E-state index in [0.717, 1.165) is 8.58 Å². The summed E-state index contributed by atoms with van der Waals surface area (Å²) in [5.41, 5.74) is 13.1. The first kappa shape index (κ1) is 30.9. The normalized spacial score (nSPS) is 12.4. The Balaban J connectivity index is 0.000000546. The average molecular weight is 483 g/mol. The molecule has 0 unspecified atom stereocenters. The monoisotopic (exact) mass is 482 g/mol. The van der Waals surface area contributed by atoms with E-state index in [4.69, 9.17) is 0 Å². The molecule has 2 rings (SSSR count). The summed E-state index contributed by atoms with van der Waals surface area (Å²) in [6, 6.07) is 7.33. The molecule has 0 bridgehead atoms. The summed E-state index contributed by atoms with van der Waals surface area (Å²) in [6.45, 7) is 36.8. The fourth-order valence-corrected chi connectivity index (χ4v) is 7.11. The topological polar surface area (TPSA) is 0 Å². The second-order valence-electron chi connectivity index (χ2n) is 13.3. The van der Waals surface area contributed by atoms with Crippen molar-refractivity contribution >= 4 is 8.58 Å². The molecule has 0 spiro atoms. The molecule has 0 saturated carbocycles. The highest BCUT2D eigenvalue weighted by Gasteiger charge is 2.21. The van der Waals surface area contributed by atoms with Crippen LogP contribution in [0, 0.1) is 27.7 Å². The zero-order valence-electron chi connectivity index (χ0n) is 25.5. The Morgan fingerprint density at radius 3 is 1.26 bits per heavy atom. The van der Waals surface area contributed by atoms with Crippen molar-refractivity contribution in [2.24, 2.45) is 0 Å². The van der Waals surface area contributed by atoms with Crippen molar-refractivity contribution in [2.45, 2.75) is 139 Å². The van der Waals surface area contributed by atoms with E-state index in [2.05, 4.69) is 129 Å². The van der Waals surface area contributed by atoms with Gasteiger partial charge >= 0.3 is 0 Å². The van der Waals surface area contributed by atoms with Crippen molar-refractivity contribution in [1.29, 1.82) is 0 Å². The highest BCUT2D eigenvalue weighted by atomic mass is 31.1. The lowest BCUT2D eigenvalue weighted by Crippen LogP contribution is -2.16. The number of aryl methyl sites for hydroxylation is 1. The van der Waals surface area contributed by atoms with Crippen LogP contribution in [-0.2, 0) is 0 Å². The lowest BCUT2D eigenvalue weighted by Gasteiger charge is -2.28. The van der Waals surface area contributed by atoms with Crippen LogP contribution in [-0.4, -0.2) is 10.3 Å². The van der Waals surface area contributed by atoms with Crippen molar-refractivity contribution in [3.8, 4) is 11.1 Å². The summed E-state index contributed by atoms with van der Waals surface area (Å²) < 4.78 is 0. The number of hydrogen-bond donors (Lipinski definition) is 0. The smallest absolute Gasteiger partial charge is 0.0112 e. The highest BCUT2D eigenvalue weighted by Crippen LogP contribution is 2.42. The van der Waals surface area contributed by atoms with E-state index in [1.165, 1.54) is 50.1 Å². The van der Waals surface area contributed by atoms with Gasteiger partial charge in [-0.15, -0.1) is 8.58 Å². The standard InChI is InChI=1S/C25H36.C8H19P/c1-14(2)21-12-22(15(3)4)25(23(13-21)16(5)6)24-11-17(7)18(8)19(9)20(24)10;1-7(2,3)9-8(4,5)6/h11-16H,1-10H3;9H,1-6H3. The first-order valence-electron chi connectivity index (χ1n) is 13.3. The van der Waals surface area contributed by atoms with Gasteiger partial charge in [-0.2, -0.15) is 0 Å². The van der Waals surface area contributed by atoms with Gasteiger partial charge in [0.2, 0.25) is 0 Å². The van der Waals surface area contributed by atoms with Gasteiger partial charge in [0, 0.05) is 0 Å². The predicted molar refractivity (Wildman–Crippen MR) is 161 cm³/mol. The molecule has 0 radical (unpaired) electrons. The maximum absolute atomic E-state index is 2.46. The lowest BCUT2D eigenvalue weighted by atomic mass is 9.79. The molecule has 0 aliphatic carbocycles. The van der Waals surface area contributed by atoms with E-state index >= 15 is 0 Å². The Labute approximate surface area is 215 Å². The van der Waals surface area contributed by atoms with Gasteiger partial charge in [0.25, 0.3) is 0 Å². The third-order valence-corrected chi connectivity index (χ3v) is 8.13. The van der Waals surface area contributed by atoms with Gasteiger partial charge in [-0.25, -0.2) is 0 Å². The summed E-state index contributed by atoms with van der Waals surface area (Å²) in [5.74, 6) is 1.60. The average Bonchev–Trinajstić information content (AvgIpc) is 2.65. The van der Waals surface area contributed by atoms with Crippen LogP contribution in [0.25, 0.3) is 11.1 Å². The fourth-order valence-electron chi connectivity index (χ4n) is 4.86. The van der Waals surface area contributed by atoms with Gasteiger partial charge in [0.05, 0.1) is 0 Å². The van der Waals surface area contributed by atoms with E-state index in [9.17, 15) is 0 Å². The molecule has 0 fully saturated rings. The zero-order chi connectivity index (χ0) is 26.8. The second kappa shape index (κ2) is 11.7. The first-order valence-corrected chi connectivity index (χ1v) is 14.3. The van der Waals surface area contributed by atoms with E-state index in [-0.39, 0.29) is 0 Å². The van der Waals surface area contributed by atoms with Crippen molar-refractivity contribution in [2.75, 3.05) is 0 Å². The molecule has 192 valence electrons. The number of rotatable bonds is 4. The number of benzene rings is 2. The predicted octanol–water partition coefficient (Wildman–Crippen LogP) is 11.2. The van der Waals surface area contributed by atoms with Crippen LogP contribution >= 0.6 is 8.58 Å². The van der Waals surface area contributed by atoms with Crippen LogP contribution < -0.4 is 0 Å². The third-order valence-electron chi connectivity index (χ3n) is 6.63. The SMILES string of the molecule is CC(C)(C)PC(C)(C)C.Cc1cc(-c2c(C(C)C)cc(C(C)C)cc2C(C)C)c(C)c(C)c1C. The van der Waals surface area contributed by atoms with E-state index in [1.54, 1.807) is 0 Å². The second-order valence-corrected chi connectivity index (χ2v) is 16.5. The summed E-state index contributed by atoms with van der Waals surface area (Å²) >= 11 is 0. The molecular weight excluding hydrogens is 427 g/mol. The largest absolute Gasteiger partial charge is 0.111 e. The Bertz CT molecular complexity index is 919. The molecular formula is C33H55P. The molecule has 0 heterocycles. The molecule has 0 nitrogen and oxygen atoms in total. The van der Waals surface area contributed by atoms with Crippen molar-refractivity contribution in [1.82, 2.24) is 0 Å². The van der Waals surface area contributed by atoms with Gasteiger partial charge < -0.3 is 0 Å². The molecule has 0 amide bonds. The van der Waals surface area contributed by atoms with Crippen LogP contribution in [0.1, 0.15) is 140 Å². The fraction of sp³-hybridized carbons (Fsp3) is 0.636. The lowest BCUT2D eigenvalue weighted by molar-refractivity contribution is 0.725. The van der Waals surface area contributed by atoms with Crippen molar-refractivity contribution < 1.29 is 0 Å². The van der Waals surface area contributed by atoms with Gasteiger partial charge in [-0.1, -0.05) is 101 Å². The first-order chi connectivity index (χ1) is 15.3. The minimum atomic E-state index is 0.512. The quantitative estimate of drug-likeness (QED) is 0.380. The molecule has 34 heavy (non-hydrogen) atoms. The van der Waals surface area contributed by atoms with Gasteiger partial charge in [-0.3, -0.25) is 0 Å². The van der Waals surface area contributed by atoms with Crippen LogP contribution in [0.3, 0.4) is 0 Å². The Morgan fingerprint density at radius 1 is 0.559 bits per heavy atom. The minimum absolute atomic E-state index is 0.512. The summed E-state index contributed by atoms with van der Waals surface area (Å²) in [7, 11) is 1.05. The molecule has 0 N–H and O–H groups in total. The molecule has 0 saturated heterocycles. The van der Waals surface area contributed by atoms with Crippen molar-refractivity contribution in [3.05, 3.63) is 57.1 Å². The summed E-state index contributed by atoms with van der Waals surface area (Å²) in [6.07, 6.45) is 0. The summed E-state index contributed by atoms with van der Waals surface area (Å²) in [4.78, 5) is 0. The molecule has 0 aromatic heterocycles. The Kier molecular flexibility index (Phi) is 10.7. The molecule has 0 atom stereocenters. The molecule has 2 aromatic rings. The Morgan fingerprint density at radius 2 is 0.971 bits per heavy atom. The minimum Gasteiger partial charge on any atom is -0.111 e. The molecule has 0 aliphatic rings. The van der Waals surface area contributed by atoms with Crippen LogP contribution in [0.2, 0.25) is 0 Å². The molecule has 0 aliphatic heterocycles. The number of hydrogen-bond acceptors (Lipinski definition) is 0. The van der Waals surface area contributed by atoms with Crippen LogP contribution in [0.15, 0.2) is 18.2 Å². The molecule has 2 aromatic carbocycles. The Hall–Kier alpha value is -1.13. The summed E-state index contributed by atoms with van der Waals surface area (Å²) in [5, 5.41) is 1.02. The van der Waals surface area contributed by atoms with E-state index in [1.807, 2.05) is 0 Å². The third kappa shape index (κ3) is 8.52. The zero-order valence-corrected chi connectivity index (χ0v) is 26.5. The maximum atomic E-state index is 2.46. The molecule has 1 heteroatoms. The van der Waals surface area contributed by atoms with Gasteiger partial charge in [-0.05, 0) is 106 Å². The van der Waals surface area contributed by atoms with Gasteiger partial charge in [0.15, 0.2) is 0 Å².